The molecule has 0 aromatic heterocycles. The van der Waals surface area contributed by atoms with Crippen LogP contribution in [0.2, 0.25) is 0 Å². The summed E-state index contributed by atoms with van der Waals surface area (Å²) in [6.45, 7) is 0. The highest BCUT2D eigenvalue weighted by Gasteiger charge is 2.98. The van der Waals surface area contributed by atoms with E-state index in [1.165, 1.54) is 0 Å². The second kappa shape index (κ2) is 8.90. The maximum absolute atomic E-state index is 13.5. The van der Waals surface area contributed by atoms with Gasteiger partial charge in [0.25, 0.3) is 10.1 Å². The van der Waals surface area contributed by atoms with Crippen LogP contribution in [0.5, 0.6) is 0 Å². The number of hydrogen-bond acceptors (Lipinski definition) is 2. The molecule has 0 bridgehead atoms. The van der Waals surface area contributed by atoms with Crippen molar-refractivity contribution in [2.75, 3.05) is 5.75 Å². The molecule has 3 nitrogen and oxygen atoms in total. The van der Waals surface area contributed by atoms with Crippen LogP contribution in [0.4, 0.5) is 101 Å². The van der Waals surface area contributed by atoms with Gasteiger partial charge in [-0.05, 0) is 0 Å². The fourth-order valence-corrected chi connectivity index (χ4v) is 2.75. The van der Waals surface area contributed by atoms with E-state index in [2.05, 4.69) is 0 Å². The first-order valence-corrected chi connectivity index (χ1v) is 9.61. The fraction of sp³-hybridized carbons (Fsp3) is 1.00. The molecule has 0 fully saturated rings. The van der Waals surface area contributed by atoms with Crippen LogP contribution >= 0.6 is 0 Å². The highest BCUT2D eigenvalue weighted by atomic mass is 32.2. The molecule has 0 unspecified atom stereocenters. The van der Waals surface area contributed by atoms with E-state index in [-0.39, 0.29) is 0 Å². The van der Waals surface area contributed by atoms with E-state index < -0.39 is 81.3 Å². The first-order chi connectivity index (χ1) is 16.2. The summed E-state index contributed by atoms with van der Waals surface area (Å²) in [5.74, 6) is -94.0. The minimum absolute atomic E-state index is 4.15. The predicted molar refractivity (Wildman–Crippen MR) is 71.9 cm³/mol. The smallest absolute Gasteiger partial charge is 0.285 e. The minimum Gasteiger partial charge on any atom is -0.285 e. The highest BCUT2D eigenvalue weighted by molar-refractivity contribution is 7.85. The third kappa shape index (κ3) is 4.80. The summed E-state index contributed by atoms with van der Waals surface area (Å²) < 4.78 is 329. The van der Waals surface area contributed by atoms with Gasteiger partial charge in [-0.1, -0.05) is 0 Å². The summed E-state index contributed by atoms with van der Waals surface area (Å²) in [4.78, 5) is 0. The average Bonchev–Trinajstić information content (AvgIpc) is 2.63. The lowest BCUT2D eigenvalue weighted by Gasteiger charge is -2.45. The van der Waals surface area contributed by atoms with Gasteiger partial charge < -0.3 is 0 Å². The molecular weight excluding hydrogens is 661 g/mol. The number of halogens is 23. The molecule has 0 aliphatic rings. The van der Waals surface area contributed by atoms with Crippen LogP contribution in [-0.2, 0) is 10.1 Å². The molecule has 0 heterocycles. The molecule has 27 heteroatoms. The van der Waals surface area contributed by atoms with E-state index in [0.717, 1.165) is 0 Å². The van der Waals surface area contributed by atoms with E-state index >= 15 is 0 Å². The molecule has 0 saturated heterocycles. The van der Waals surface area contributed by atoms with Crippen molar-refractivity contribution < 1.29 is 114 Å². The number of rotatable bonds is 11. The van der Waals surface area contributed by atoms with E-state index in [1.807, 2.05) is 0 Å². The van der Waals surface area contributed by atoms with Crippen molar-refractivity contribution in [1.29, 1.82) is 0 Å². The van der Waals surface area contributed by atoms with Gasteiger partial charge in [-0.15, -0.1) is 0 Å². The molecule has 236 valence electrons. The molecule has 0 atom stereocenters. The van der Waals surface area contributed by atoms with Gasteiger partial charge in [-0.2, -0.15) is 109 Å². The van der Waals surface area contributed by atoms with Crippen LogP contribution < -0.4 is 0 Å². The molecule has 0 aromatic carbocycles. The SMILES string of the molecule is O=S(=O)(O)CC(F)(F)C(F)(F)C(F)(F)C(F)(F)C(F)(F)C(F)(F)C(F)(F)C(F)(F)C(F)(F)C(F)(F)C(F)(F)F. The van der Waals surface area contributed by atoms with Gasteiger partial charge in [0, 0.05) is 0 Å². The largest absolute Gasteiger partial charge is 0.460 e. The Labute approximate surface area is 196 Å². The third-order valence-corrected chi connectivity index (χ3v) is 5.06. The van der Waals surface area contributed by atoms with Gasteiger partial charge in [0.2, 0.25) is 0 Å². The lowest BCUT2D eigenvalue weighted by atomic mass is 9.85. The molecule has 0 saturated carbocycles. The van der Waals surface area contributed by atoms with Crippen LogP contribution in [0.3, 0.4) is 0 Å². The Morgan fingerprint density at radius 2 is 0.538 bits per heavy atom. The van der Waals surface area contributed by atoms with Crippen molar-refractivity contribution in [2.45, 2.75) is 65.4 Å². The average molecular weight is 664 g/mol. The molecule has 39 heavy (non-hydrogen) atoms. The second-order valence-electron chi connectivity index (χ2n) is 7.10. The summed E-state index contributed by atoms with van der Waals surface area (Å²) in [6.07, 6.45) is -8.15. The zero-order valence-electron chi connectivity index (χ0n) is 16.6. The second-order valence-corrected chi connectivity index (χ2v) is 8.55. The molecule has 0 amide bonds. The normalized spacial score (nSPS) is 17.0. The quantitative estimate of drug-likeness (QED) is 0.196. The summed E-state index contributed by atoms with van der Waals surface area (Å²) in [6, 6.07) is 0. The van der Waals surface area contributed by atoms with Gasteiger partial charge in [0.05, 0.1) is 0 Å². The van der Waals surface area contributed by atoms with Gasteiger partial charge in [0.15, 0.2) is 0 Å². The van der Waals surface area contributed by atoms with Crippen molar-refractivity contribution in [3.05, 3.63) is 0 Å². The van der Waals surface area contributed by atoms with E-state index in [1.54, 1.807) is 0 Å². The molecule has 0 aromatic rings. The number of hydrogen-bond donors (Lipinski definition) is 1. The summed E-state index contributed by atoms with van der Waals surface area (Å²) in [5, 5.41) is 0. The van der Waals surface area contributed by atoms with Crippen LogP contribution in [0.25, 0.3) is 0 Å². The summed E-state index contributed by atoms with van der Waals surface area (Å²) in [5.41, 5.74) is 0. The van der Waals surface area contributed by atoms with Crippen molar-refractivity contribution in [2.24, 2.45) is 0 Å². The predicted octanol–water partition coefficient (Wildman–Crippen LogP) is 6.79. The molecule has 0 aliphatic carbocycles. The lowest BCUT2D eigenvalue weighted by molar-refractivity contribution is -0.478. The first-order valence-electron chi connectivity index (χ1n) is 8.00. The third-order valence-electron chi connectivity index (χ3n) is 4.33. The van der Waals surface area contributed by atoms with E-state index in [0.29, 0.717) is 0 Å². The maximum atomic E-state index is 13.5. The maximum Gasteiger partial charge on any atom is 0.460 e. The van der Waals surface area contributed by atoms with Gasteiger partial charge >= 0.3 is 65.4 Å². The van der Waals surface area contributed by atoms with Crippen molar-refractivity contribution in [3.63, 3.8) is 0 Å². The lowest BCUT2D eigenvalue weighted by Crippen LogP contribution is -2.77. The highest BCUT2D eigenvalue weighted by Crippen LogP contribution is 2.67. The topological polar surface area (TPSA) is 54.4 Å². The molecule has 0 radical (unpaired) electrons. The molecule has 1 N–H and O–H groups in total. The summed E-state index contributed by atoms with van der Waals surface area (Å²) in [7, 11) is -6.73. The Balaban J connectivity index is 7.25. The Bertz CT molecular complexity index is 1020. The van der Waals surface area contributed by atoms with Gasteiger partial charge in [-0.25, -0.2) is 0 Å². The molecular formula is C12H3F23O3S. The van der Waals surface area contributed by atoms with Gasteiger partial charge in [-0.3, -0.25) is 4.55 Å². The van der Waals surface area contributed by atoms with Crippen molar-refractivity contribution in [1.82, 2.24) is 0 Å². The van der Waals surface area contributed by atoms with Crippen LogP contribution in [0, 0.1) is 0 Å². The Morgan fingerprint density at radius 1 is 0.359 bits per heavy atom. The van der Waals surface area contributed by atoms with Crippen LogP contribution in [0.1, 0.15) is 0 Å². The monoisotopic (exact) mass is 664 g/mol. The van der Waals surface area contributed by atoms with E-state index in [9.17, 15) is 109 Å². The number of alkyl halides is 23. The molecule has 0 spiro atoms. The summed E-state index contributed by atoms with van der Waals surface area (Å²) >= 11 is 0. The standard InChI is InChI=1S/C12H3F23O3S/c13-2(14,1-39(36,37)38)3(15,16)4(17,18)5(19,20)6(21,22)7(23,24)8(25,26)9(27,28)10(29,30)11(31,32)12(33,34)35/h1H2,(H,36,37,38). The Morgan fingerprint density at radius 3 is 0.718 bits per heavy atom. The van der Waals surface area contributed by atoms with E-state index in [4.69, 9.17) is 4.55 Å². The van der Waals surface area contributed by atoms with Crippen molar-refractivity contribution in [3.8, 4) is 0 Å². The van der Waals surface area contributed by atoms with Crippen LogP contribution in [0.15, 0.2) is 0 Å². The van der Waals surface area contributed by atoms with Gasteiger partial charge in [0.1, 0.15) is 5.75 Å². The van der Waals surface area contributed by atoms with Crippen molar-refractivity contribution >= 4 is 10.1 Å². The Kier molecular flexibility index (Phi) is 8.51. The fourth-order valence-electron chi connectivity index (χ4n) is 2.11. The zero-order chi connectivity index (χ0) is 32.7. The first kappa shape index (κ1) is 37.3. The Hall–Kier alpha value is -1.70. The molecule has 0 aliphatic heterocycles. The zero-order valence-corrected chi connectivity index (χ0v) is 17.4. The minimum atomic E-state index is -9.53. The van der Waals surface area contributed by atoms with Crippen LogP contribution in [-0.4, -0.2) is 84.1 Å². The molecule has 0 rings (SSSR count).